The number of terminal acetylenes is 1. The summed E-state index contributed by atoms with van der Waals surface area (Å²) < 4.78 is 5.46. The quantitative estimate of drug-likeness (QED) is 0.864. The van der Waals surface area contributed by atoms with Gasteiger partial charge in [-0.1, -0.05) is 24.1 Å². The Hall–Kier alpha value is -2.80. The molecule has 4 heteroatoms. The van der Waals surface area contributed by atoms with E-state index in [1.165, 1.54) is 6.07 Å². The molecule has 0 unspecified atom stereocenters. The zero-order chi connectivity index (χ0) is 14.4. The minimum atomic E-state index is -0.211. The first kappa shape index (κ1) is 13.6. The fourth-order valence-electron chi connectivity index (χ4n) is 1.71. The summed E-state index contributed by atoms with van der Waals surface area (Å²) in [6.07, 6.45) is 8.89. The molecule has 0 aliphatic carbocycles. The smallest absolute Gasteiger partial charge is 0.264 e. The molecule has 1 heterocycles. The van der Waals surface area contributed by atoms with Crippen molar-refractivity contribution >= 4 is 12.2 Å². The van der Waals surface area contributed by atoms with Gasteiger partial charge in [0.05, 0.1) is 5.69 Å². The Morgan fingerprint density at radius 1 is 1.40 bits per heavy atom. The first-order valence-corrected chi connectivity index (χ1v) is 6.10. The summed E-state index contributed by atoms with van der Waals surface area (Å²) in [6, 6.07) is 9.07. The van der Waals surface area contributed by atoms with Gasteiger partial charge in [0.1, 0.15) is 12.4 Å². The number of ether oxygens (including phenoxy) is 1. The number of hydrogen-bond donors (Lipinski definition) is 1. The Labute approximate surface area is 117 Å². The average molecular weight is 266 g/mol. The molecule has 100 valence electrons. The Morgan fingerprint density at radius 2 is 2.20 bits per heavy atom. The van der Waals surface area contributed by atoms with Crippen LogP contribution in [0.25, 0.3) is 12.2 Å². The van der Waals surface area contributed by atoms with Crippen molar-refractivity contribution in [2.24, 2.45) is 0 Å². The van der Waals surface area contributed by atoms with E-state index < -0.39 is 0 Å². The van der Waals surface area contributed by atoms with E-state index in [9.17, 15) is 4.79 Å². The number of nitrogens with one attached hydrogen (secondary N) is 1. The summed E-state index contributed by atoms with van der Waals surface area (Å²) in [6.45, 7) is 2.06. The van der Waals surface area contributed by atoms with Gasteiger partial charge >= 0.3 is 0 Å². The fraction of sp³-hybridized carbons (Fsp3) is 0.125. The molecule has 0 aliphatic rings. The molecule has 2 rings (SSSR count). The number of hydrogen-bond acceptors (Lipinski definition) is 3. The Balaban J connectivity index is 2.27. The van der Waals surface area contributed by atoms with Gasteiger partial charge in [-0.15, -0.1) is 6.42 Å². The van der Waals surface area contributed by atoms with Crippen LogP contribution >= 0.6 is 0 Å². The lowest BCUT2D eigenvalue weighted by Crippen LogP contribution is -2.08. The summed E-state index contributed by atoms with van der Waals surface area (Å²) in [5, 5.41) is 6.40. The van der Waals surface area contributed by atoms with Crippen molar-refractivity contribution in [3.05, 3.63) is 57.5 Å². The highest BCUT2D eigenvalue weighted by atomic mass is 16.5. The minimum Gasteiger partial charge on any atom is -0.480 e. The molecule has 0 radical (unpaired) electrons. The van der Waals surface area contributed by atoms with Crippen molar-refractivity contribution in [3.8, 4) is 18.1 Å². The van der Waals surface area contributed by atoms with E-state index in [1.54, 1.807) is 0 Å². The predicted molar refractivity (Wildman–Crippen MR) is 79.3 cm³/mol. The molecule has 0 bridgehead atoms. The number of para-hydroxylation sites is 1. The maximum atomic E-state index is 11.1. The van der Waals surface area contributed by atoms with E-state index in [0.717, 1.165) is 11.1 Å². The van der Waals surface area contributed by atoms with E-state index in [2.05, 4.69) is 16.1 Å². The first-order chi connectivity index (χ1) is 9.70. The van der Waals surface area contributed by atoms with E-state index in [4.69, 9.17) is 11.2 Å². The van der Waals surface area contributed by atoms with Crippen molar-refractivity contribution in [1.29, 1.82) is 0 Å². The molecular weight excluding hydrogens is 252 g/mol. The second-order valence-corrected chi connectivity index (χ2v) is 4.16. The minimum absolute atomic E-state index is 0.211. The lowest BCUT2D eigenvalue weighted by atomic mass is 10.1. The molecule has 2 aromatic rings. The molecule has 0 saturated heterocycles. The van der Waals surface area contributed by atoms with Gasteiger partial charge in [0, 0.05) is 11.6 Å². The molecule has 4 nitrogen and oxygen atoms in total. The second-order valence-electron chi connectivity index (χ2n) is 4.16. The van der Waals surface area contributed by atoms with Gasteiger partial charge in [0.25, 0.3) is 5.56 Å². The highest BCUT2D eigenvalue weighted by Crippen LogP contribution is 2.20. The van der Waals surface area contributed by atoms with Crippen LogP contribution < -0.4 is 10.3 Å². The third-order valence-electron chi connectivity index (χ3n) is 2.69. The fourth-order valence-corrected chi connectivity index (χ4v) is 1.71. The van der Waals surface area contributed by atoms with E-state index in [-0.39, 0.29) is 12.2 Å². The van der Waals surface area contributed by atoms with Crippen LogP contribution in [0.5, 0.6) is 5.75 Å². The van der Waals surface area contributed by atoms with E-state index in [1.807, 2.05) is 43.3 Å². The van der Waals surface area contributed by atoms with E-state index >= 15 is 0 Å². The Kier molecular flexibility index (Phi) is 4.35. The zero-order valence-electron chi connectivity index (χ0n) is 11.1. The largest absolute Gasteiger partial charge is 0.480 e. The molecule has 0 aliphatic heterocycles. The maximum absolute atomic E-state index is 11.1. The average Bonchev–Trinajstić information content (AvgIpc) is 2.45. The molecule has 0 saturated carbocycles. The Morgan fingerprint density at radius 3 is 2.95 bits per heavy atom. The van der Waals surface area contributed by atoms with Crippen LogP contribution in [0.15, 0.2) is 35.1 Å². The normalized spacial score (nSPS) is 10.4. The van der Waals surface area contributed by atoms with Crippen molar-refractivity contribution < 1.29 is 4.74 Å². The van der Waals surface area contributed by atoms with Crippen molar-refractivity contribution in [2.75, 3.05) is 6.61 Å². The summed E-state index contributed by atoms with van der Waals surface area (Å²) >= 11 is 0. The van der Waals surface area contributed by atoms with Crippen LogP contribution in [0.4, 0.5) is 0 Å². The topological polar surface area (TPSA) is 55.0 Å². The summed E-state index contributed by atoms with van der Waals surface area (Å²) in [5.74, 6) is 3.15. The lowest BCUT2D eigenvalue weighted by molar-refractivity contribution is 0.369. The molecular formula is C16H14N2O2. The lowest BCUT2D eigenvalue weighted by Gasteiger charge is -2.05. The number of aromatic nitrogens is 2. The van der Waals surface area contributed by atoms with Gasteiger partial charge in [-0.2, -0.15) is 5.10 Å². The van der Waals surface area contributed by atoms with Crippen LogP contribution in [-0.4, -0.2) is 16.8 Å². The summed E-state index contributed by atoms with van der Waals surface area (Å²) in [4.78, 5) is 11.1. The van der Waals surface area contributed by atoms with Crippen LogP contribution in [0.2, 0.25) is 0 Å². The summed E-state index contributed by atoms with van der Waals surface area (Å²) in [7, 11) is 0. The third kappa shape index (κ3) is 3.36. The maximum Gasteiger partial charge on any atom is 0.264 e. The standard InChI is InChI=1S/C16H14N2O2/c1-3-10-20-15-7-5-4-6-13(15)8-9-14-12(2)11-16(19)18-17-14/h1,4-9,11H,10H2,2H3,(H,18,19). The number of rotatable bonds is 4. The predicted octanol–water partition coefficient (Wildman–Crippen LogP) is 2.26. The van der Waals surface area contributed by atoms with Gasteiger partial charge < -0.3 is 4.74 Å². The van der Waals surface area contributed by atoms with Crippen LogP contribution in [0.3, 0.4) is 0 Å². The van der Waals surface area contributed by atoms with Gasteiger partial charge in [-0.3, -0.25) is 4.79 Å². The number of H-pyrrole nitrogens is 1. The SMILES string of the molecule is C#CCOc1ccccc1C=Cc1n[nH]c(=O)cc1C. The second kappa shape index (κ2) is 6.39. The molecule has 0 atom stereocenters. The molecule has 1 N–H and O–H groups in total. The van der Waals surface area contributed by atoms with Crippen LogP contribution in [0.1, 0.15) is 16.8 Å². The molecule has 1 aromatic heterocycles. The van der Waals surface area contributed by atoms with Crippen molar-refractivity contribution in [1.82, 2.24) is 10.2 Å². The van der Waals surface area contributed by atoms with Crippen molar-refractivity contribution in [2.45, 2.75) is 6.92 Å². The van der Waals surface area contributed by atoms with Gasteiger partial charge in [-0.05, 0) is 30.7 Å². The molecule has 0 spiro atoms. The first-order valence-electron chi connectivity index (χ1n) is 6.10. The van der Waals surface area contributed by atoms with Crippen LogP contribution in [-0.2, 0) is 0 Å². The van der Waals surface area contributed by atoms with Crippen LogP contribution in [0, 0.1) is 19.3 Å². The Bertz CT molecular complexity index is 724. The number of nitrogens with zero attached hydrogens (tertiary/aromatic N) is 1. The highest BCUT2D eigenvalue weighted by Gasteiger charge is 2.00. The molecule has 1 aromatic carbocycles. The van der Waals surface area contributed by atoms with E-state index in [0.29, 0.717) is 11.4 Å². The molecule has 0 amide bonds. The molecule has 0 fully saturated rings. The number of aromatic amines is 1. The monoisotopic (exact) mass is 266 g/mol. The third-order valence-corrected chi connectivity index (χ3v) is 2.69. The van der Waals surface area contributed by atoms with Gasteiger partial charge in [-0.25, -0.2) is 5.10 Å². The van der Waals surface area contributed by atoms with Gasteiger partial charge in [0.2, 0.25) is 0 Å². The summed E-state index contributed by atoms with van der Waals surface area (Å²) in [5.41, 5.74) is 2.20. The number of aryl methyl sites for hydroxylation is 1. The van der Waals surface area contributed by atoms with Crippen molar-refractivity contribution in [3.63, 3.8) is 0 Å². The molecule has 20 heavy (non-hydrogen) atoms. The highest BCUT2D eigenvalue weighted by molar-refractivity contribution is 5.72. The zero-order valence-corrected chi connectivity index (χ0v) is 11.1. The van der Waals surface area contributed by atoms with Gasteiger partial charge in [0.15, 0.2) is 0 Å². The number of benzene rings is 1.